The Balaban J connectivity index is 0.00000361. The predicted octanol–water partition coefficient (Wildman–Crippen LogP) is 5.16. The summed E-state index contributed by atoms with van der Waals surface area (Å²) < 4.78 is 31.2. The lowest BCUT2D eigenvalue weighted by Crippen LogP contribution is -2.44. The Kier molecular flexibility index (Phi) is 8.89. The molecule has 0 aliphatic carbocycles. The topological polar surface area (TPSA) is 70.0 Å². The van der Waals surface area contributed by atoms with Gasteiger partial charge in [-0.05, 0) is 48.6 Å². The van der Waals surface area contributed by atoms with Crippen LogP contribution in [0.5, 0.6) is 0 Å². The number of thioether (sulfide) groups is 1. The smallest absolute Gasteiger partial charge is 0.322 e. The number of benzene rings is 3. The minimum absolute atomic E-state index is 0. The minimum Gasteiger partial charge on any atom is -0.322 e. The van der Waals surface area contributed by atoms with Crippen molar-refractivity contribution in [2.45, 2.75) is 31.0 Å². The molecule has 0 amide bonds. The van der Waals surface area contributed by atoms with Crippen molar-refractivity contribution >= 4 is 24.2 Å². The third kappa shape index (κ3) is 5.46. The van der Waals surface area contributed by atoms with Crippen LogP contribution in [0.4, 0.5) is 8.78 Å². The second kappa shape index (κ2) is 11.7. The van der Waals surface area contributed by atoms with Gasteiger partial charge >= 0.3 is 5.69 Å². The average Bonchev–Trinajstić information content (AvgIpc) is 2.87. The lowest BCUT2D eigenvalue weighted by Gasteiger charge is -2.20. The summed E-state index contributed by atoms with van der Waals surface area (Å²) in [5, 5.41) is 0. The Bertz CT molecular complexity index is 1450. The summed E-state index contributed by atoms with van der Waals surface area (Å²) in [5.41, 5.74) is 6.90. The Morgan fingerprint density at radius 2 is 1.50 bits per heavy atom. The van der Waals surface area contributed by atoms with Gasteiger partial charge in [0.05, 0.1) is 18.7 Å². The number of aromatic nitrogens is 2. The molecule has 0 fully saturated rings. The van der Waals surface area contributed by atoms with E-state index in [-0.39, 0.29) is 36.6 Å². The molecule has 36 heavy (non-hydrogen) atoms. The van der Waals surface area contributed by atoms with Crippen LogP contribution in [0.15, 0.2) is 87.3 Å². The maximum Gasteiger partial charge on any atom is 0.331 e. The van der Waals surface area contributed by atoms with Gasteiger partial charge in [0.1, 0.15) is 11.6 Å². The zero-order valence-electron chi connectivity index (χ0n) is 19.8. The first-order valence-corrected chi connectivity index (χ1v) is 12.3. The van der Waals surface area contributed by atoms with E-state index in [1.807, 2.05) is 48.7 Å². The van der Waals surface area contributed by atoms with Gasteiger partial charge in [0.15, 0.2) is 0 Å². The number of hydrogen-bond acceptors (Lipinski definition) is 4. The molecule has 188 valence electrons. The first kappa shape index (κ1) is 27.4. The van der Waals surface area contributed by atoms with Crippen LogP contribution in [-0.2, 0) is 13.1 Å². The summed E-state index contributed by atoms with van der Waals surface area (Å²) in [7, 11) is 0. The molecular weight excluding hydrogens is 504 g/mol. The molecule has 5 nitrogen and oxygen atoms in total. The van der Waals surface area contributed by atoms with Gasteiger partial charge in [-0.25, -0.2) is 13.6 Å². The van der Waals surface area contributed by atoms with Gasteiger partial charge in [-0.15, -0.1) is 24.2 Å². The van der Waals surface area contributed by atoms with E-state index in [4.69, 9.17) is 5.73 Å². The van der Waals surface area contributed by atoms with Crippen LogP contribution in [0.25, 0.3) is 11.1 Å². The maximum atomic E-state index is 14.5. The van der Waals surface area contributed by atoms with E-state index in [1.54, 1.807) is 30.8 Å². The molecule has 0 aliphatic heterocycles. The summed E-state index contributed by atoms with van der Waals surface area (Å²) in [6.45, 7) is 1.17. The van der Waals surface area contributed by atoms with Crippen molar-refractivity contribution in [1.29, 1.82) is 0 Å². The van der Waals surface area contributed by atoms with E-state index in [2.05, 4.69) is 0 Å². The minimum atomic E-state index is -0.763. The number of hydrogen-bond donors (Lipinski definition) is 1. The van der Waals surface area contributed by atoms with Gasteiger partial charge in [-0.2, -0.15) is 0 Å². The first-order valence-electron chi connectivity index (χ1n) is 11.0. The zero-order chi connectivity index (χ0) is 25.1. The van der Waals surface area contributed by atoms with Gasteiger partial charge in [-0.1, -0.05) is 48.5 Å². The molecule has 0 aliphatic rings. The molecule has 0 unspecified atom stereocenters. The summed E-state index contributed by atoms with van der Waals surface area (Å²) in [4.78, 5) is 28.1. The summed E-state index contributed by atoms with van der Waals surface area (Å²) >= 11 is 1.56. The highest BCUT2D eigenvalue weighted by atomic mass is 35.5. The van der Waals surface area contributed by atoms with E-state index in [0.29, 0.717) is 11.3 Å². The van der Waals surface area contributed by atoms with Gasteiger partial charge in [0, 0.05) is 22.2 Å². The van der Waals surface area contributed by atoms with Crippen molar-refractivity contribution in [3.05, 3.63) is 122 Å². The second-order valence-electron chi connectivity index (χ2n) is 8.19. The molecule has 1 heterocycles. The van der Waals surface area contributed by atoms with Crippen LogP contribution in [0.3, 0.4) is 0 Å². The SMILES string of the molecule is CSc1ccc(-c2c(C)n(Cc3c(F)cccc3F)c(=O)n(C[C@H](N)c3ccccc3)c2=O)cc1.Cl. The number of nitrogens with two attached hydrogens (primary N) is 1. The van der Waals surface area contributed by atoms with Crippen LogP contribution in [0.2, 0.25) is 0 Å². The van der Waals surface area contributed by atoms with Crippen LogP contribution in [0.1, 0.15) is 22.9 Å². The standard InChI is InChI=1S/C27H25F2N3O2S.ClH/c1-17-25(19-11-13-20(35-2)14-12-19)26(33)32(16-24(30)18-7-4-3-5-8-18)27(34)31(17)15-21-22(28)9-6-10-23(21)29;/h3-14,24H,15-16,30H2,1-2H3;1H/t24-;/m0./s1. The van der Waals surface area contributed by atoms with Crippen molar-refractivity contribution in [3.63, 3.8) is 0 Å². The second-order valence-corrected chi connectivity index (χ2v) is 9.07. The molecule has 1 atom stereocenters. The van der Waals surface area contributed by atoms with E-state index >= 15 is 0 Å². The van der Waals surface area contributed by atoms with Gasteiger partial charge in [0.2, 0.25) is 0 Å². The molecule has 1 aromatic heterocycles. The molecule has 0 bridgehead atoms. The van der Waals surface area contributed by atoms with E-state index < -0.39 is 28.9 Å². The van der Waals surface area contributed by atoms with Crippen LogP contribution < -0.4 is 17.0 Å². The van der Waals surface area contributed by atoms with Gasteiger partial charge in [0.25, 0.3) is 5.56 Å². The molecule has 3 aromatic carbocycles. The van der Waals surface area contributed by atoms with Crippen molar-refractivity contribution in [1.82, 2.24) is 9.13 Å². The van der Waals surface area contributed by atoms with Crippen LogP contribution in [0, 0.1) is 18.6 Å². The maximum absolute atomic E-state index is 14.5. The van der Waals surface area contributed by atoms with E-state index in [0.717, 1.165) is 27.2 Å². The lowest BCUT2D eigenvalue weighted by atomic mass is 10.0. The third-order valence-corrected chi connectivity index (χ3v) is 6.79. The van der Waals surface area contributed by atoms with Crippen molar-refractivity contribution in [3.8, 4) is 11.1 Å². The Labute approximate surface area is 218 Å². The fourth-order valence-electron chi connectivity index (χ4n) is 4.08. The number of halogens is 3. The fourth-order valence-corrected chi connectivity index (χ4v) is 4.49. The molecule has 4 aromatic rings. The van der Waals surface area contributed by atoms with E-state index in [9.17, 15) is 18.4 Å². The van der Waals surface area contributed by atoms with E-state index in [1.165, 1.54) is 10.6 Å². The van der Waals surface area contributed by atoms with Crippen LogP contribution in [-0.4, -0.2) is 15.4 Å². The molecule has 0 spiro atoms. The lowest BCUT2D eigenvalue weighted by molar-refractivity contribution is 0.493. The van der Waals surface area contributed by atoms with Crippen LogP contribution >= 0.6 is 24.2 Å². The molecule has 2 N–H and O–H groups in total. The highest BCUT2D eigenvalue weighted by Crippen LogP contribution is 2.24. The molecule has 0 radical (unpaired) electrons. The molecular formula is C27H26ClF2N3O2S. The molecule has 4 rings (SSSR count). The zero-order valence-corrected chi connectivity index (χ0v) is 21.4. The highest BCUT2D eigenvalue weighted by molar-refractivity contribution is 7.98. The van der Waals surface area contributed by atoms with Gasteiger partial charge < -0.3 is 5.73 Å². The average molecular weight is 530 g/mol. The molecule has 0 saturated heterocycles. The quantitative estimate of drug-likeness (QED) is 0.336. The highest BCUT2D eigenvalue weighted by Gasteiger charge is 2.21. The largest absolute Gasteiger partial charge is 0.331 e. The Hall–Kier alpha value is -3.20. The summed E-state index contributed by atoms with van der Waals surface area (Å²) in [6.07, 6.45) is 1.95. The molecule has 0 saturated carbocycles. The predicted molar refractivity (Wildman–Crippen MR) is 143 cm³/mol. The summed E-state index contributed by atoms with van der Waals surface area (Å²) in [6, 6.07) is 19.4. The third-order valence-electron chi connectivity index (χ3n) is 6.05. The normalized spacial score (nSPS) is 11.7. The Morgan fingerprint density at radius 1 is 0.889 bits per heavy atom. The first-order chi connectivity index (χ1) is 16.8. The number of nitrogens with zero attached hydrogens (tertiary/aromatic N) is 2. The number of rotatable bonds is 7. The Morgan fingerprint density at radius 3 is 2.08 bits per heavy atom. The van der Waals surface area contributed by atoms with Gasteiger partial charge in [-0.3, -0.25) is 13.9 Å². The fraction of sp³-hybridized carbons (Fsp3) is 0.185. The van der Waals surface area contributed by atoms with Crippen molar-refractivity contribution < 1.29 is 8.78 Å². The van der Waals surface area contributed by atoms with Crippen molar-refractivity contribution in [2.75, 3.05) is 6.26 Å². The summed E-state index contributed by atoms with van der Waals surface area (Å²) in [5.74, 6) is -1.53. The molecule has 9 heteroatoms. The monoisotopic (exact) mass is 529 g/mol. The van der Waals surface area contributed by atoms with Crippen molar-refractivity contribution in [2.24, 2.45) is 5.73 Å².